The molecule has 0 aliphatic carbocycles. The molecule has 0 fully saturated rings. The van der Waals surface area contributed by atoms with Gasteiger partial charge in [0.15, 0.2) is 11.5 Å². The molecule has 21 heavy (non-hydrogen) atoms. The van der Waals surface area contributed by atoms with Gasteiger partial charge in [0.2, 0.25) is 0 Å². The number of aliphatic hydroxyl groups is 1. The zero-order valence-electron chi connectivity index (χ0n) is 11.7. The van der Waals surface area contributed by atoms with Crippen molar-refractivity contribution in [3.05, 3.63) is 45.6 Å². The predicted molar refractivity (Wildman–Crippen MR) is 80.5 cm³/mol. The number of carbonyl (C=O) groups is 1. The van der Waals surface area contributed by atoms with Gasteiger partial charge in [-0.25, -0.2) is 0 Å². The van der Waals surface area contributed by atoms with Crippen LogP contribution in [0.1, 0.15) is 22.9 Å². The molecule has 1 heterocycles. The first-order valence-corrected chi connectivity index (χ1v) is 7.07. The van der Waals surface area contributed by atoms with Crippen LogP contribution in [0, 0.1) is 11.8 Å². The highest BCUT2D eigenvalue weighted by Crippen LogP contribution is 2.32. The maximum atomic E-state index is 11.2. The molecular weight excluding hydrogens is 288 g/mol. The average Bonchev–Trinajstić information content (AvgIpc) is 2.98. The summed E-state index contributed by atoms with van der Waals surface area (Å²) < 4.78 is 10.4. The zero-order valence-corrected chi connectivity index (χ0v) is 12.5. The van der Waals surface area contributed by atoms with Crippen LogP contribution in [-0.2, 0) is 11.4 Å². The summed E-state index contributed by atoms with van der Waals surface area (Å²) in [5, 5.41) is 11.2. The molecule has 2 rings (SSSR count). The number of hydrogen-bond acceptors (Lipinski definition) is 5. The van der Waals surface area contributed by atoms with Crippen LogP contribution in [0.5, 0.6) is 11.5 Å². The quantitative estimate of drug-likeness (QED) is 0.538. The topological polar surface area (TPSA) is 55.8 Å². The fourth-order valence-electron chi connectivity index (χ4n) is 1.72. The molecule has 108 valence electrons. The second-order valence-corrected chi connectivity index (χ2v) is 5.10. The van der Waals surface area contributed by atoms with E-state index in [9.17, 15) is 9.90 Å². The predicted octanol–water partition coefficient (Wildman–Crippen LogP) is 2.57. The molecule has 5 heteroatoms. The van der Waals surface area contributed by atoms with E-state index in [4.69, 9.17) is 9.47 Å². The Morgan fingerprint density at radius 3 is 2.76 bits per heavy atom. The average molecular weight is 302 g/mol. The van der Waals surface area contributed by atoms with Crippen LogP contribution < -0.4 is 9.47 Å². The van der Waals surface area contributed by atoms with Crippen molar-refractivity contribution in [2.75, 3.05) is 7.11 Å². The normalized spacial score (nSPS) is 9.67. The van der Waals surface area contributed by atoms with E-state index in [0.717, 1.165) is 4.88 Å². The van der Waals surface area contributed by atoms with Gasteiger partial charge in [-0.3, -0.25) is 4.79 Å². The molecule has 0 saturated heterocycles. The SMILES string of the molecule is COc1cc(CO)cc(C#Cc2cccs2)c1OC(C)=O. The van der Waals surface area contributed by atoms with Crippen molar-refractivity contribution in [2.24, 2.45) is 0 Å². The summed E-state index contributed by atoms with van der Waals surface area (Å²) in [6.07, 6.45) is 0. The van der Waals surface area contributed by atoms with Crippen LogP contribution >= 0.6 is 11.3 Å². The first kappa shape index (κ1) is 15.1. The fourth-order valence-corrected chi connectivity index (χ4v) is 2.29. The Morgan fingerprint density at radius 1 is 1.38 bits per heavy atom. The Kier molecular flexibility index (Phi) is 4.99. The van der Waals surface area contributed by atoms with Crippen molar-refractivity contribution in [1.29, 1.82) is 0 Å². The molecule has 1 N–H and O–H groups in total. The Labute approximate surface area is 127 Å². The lowest BCUT2D eigenvalue weighted by Crippen LogP contribution is -2.05. The van der Waals surface area contributed by atoms with Crippen LogP contribution in [0.4, 0.5) is 0 Å². The number of esters is 1. The number of methoxy groups -OCH3 is 1. The largest absolute Gasteiger partial charge is 0.493 e. The lowest BCUT2D eigenvalue weighted by molar-refractivity contribution is -0.132. The monoisotopic (exact) mass is 302 g/mol. The van der Waals surface area contributed by atoms with Crippen molar-refractivity contribution >= 4 is 17.3 Å². The lowest BCUT2D eigenvalue weighted by atomic mass is 10.1. The number of benzene rings is 1. The Bertz CT molecular complexity index is 693. The fraction of sp³-hybridized carbons (Fsp3) is 0.188. The van der Waals surface area contributed by atoms with Gasteiger partial charge in [0.25, 0.3) is 0 Å². The van der Waals surface area contributed by atoms with Gasteiger partial charge in [-0.15, -0.1) is 11.3 Å². The number of ether oxygens (including phenoxy) is 2. The molecule has 0 aliphatic heterocycles. The van der Waals surface area contributed by atoms with Crippen molar-refractivity contribution in [3.63, 3.8) is 0 Å². The molecule has 0 amide bonds. The molecular formula is C16H14O4S. The second-order valence-electron chi connectivity index (χ2n) is 4.15. The van der Waals surface area contributed by atoms with Crippen molar-refractivity contribution in [3.8, 4) is 23.3 Å². The summed E-state index contributed by atoms with van der Waals surface area (Å²) in [6.45, 7) is 1.17. The lowest BCUT2D eigenvalue weighted by Gasteiger charge is -2.11. The van der Waals surface area contributed by atoms with Gasteiger partial charge in [-0.1, -0.05) is 17.9 Å². The molecule has 4 nitrogen and oxygen atoms in total. The van der Waals surface area contributed by atoms with E-state index in [0.29, 0.717) is 16.9 Å². The van der Waals surface area contributed by atoms with E-state index in [1.807, 2.05) is 17.5 Å². The zero-order chi connectivity index (χ0) is 15.2. The summed E-state index contributed by atoms with van der Waals surface area (Å²) in [6, 6.07) is 7.11. The number of thiophene rings is 1. The third-order valence-electron chi connectivity index (χ3n) is 2.60. The molecule has 0 unspecified atom stereocenters. The third kappa shape index (κ3) is 3.85. The van der Waals surface area contributed by atoms with Gasteiger partial charge in [0.1, 0.15) is 0 Å². The number of aliphatic hydroxyl groups excluding tert-OH is 1. The summed E-state index contributed by atoms with van der Waals surface area (Å²) in [5.74, 6) is 6.14. The number of carbonyl (C=O) groups excluding carboxylic acids is 1. The van der Waals surface area contributed by atoms with Gasteiger partial charge in [0, 0.05) is 6.92 Å². The van der Waals surface area contributed by atoms with Gasteiger partial charge >= 0.3 is 5.97 Å². The highest BCUT2D eigenvalue weighted by Gasteiger charge is 2.14. The maximum absolute atomic E-state index is 11.2. The highest BCUT2D eigenvalue weighted by molar-refractivity contribution is 7.10. The van der Waals surface area contributed by atoms with E-state index in [2.05, 4.69) is 11.8 Å². The molecule has 0 saturated carbocycles. The maximum Gasteiger partial charge on any atom is 0.308 e. The minimum absolute atomic E-state index is 0.148. The third-order valence-corrected chi connectivity index (χ3v) is 3.39. The van der Waals surface area contributed by atoms with Crippen molar-refractivity contribution in [1.82, 2.24) is 0 Å². The van der Waals surface area contributed by atoms with Crippen LogP contribution in [0.15, 0.2) is 29.6 Å². The standard InChI is InChI=1S/C16H14O4S/c1-11(18)20-16-13(5-6-14-4-3-7-21-14)8-12(10-17)9-15(16)19-2/h3-4,7-9,17H,10H2,1-2H3. The van der Waals surface area contributed by atoms with Crippen LogP contribution in [-0.4, -0.2) is 18.2 Å². The van der Waals surface area contributed by atoms with E-state index in [-0.39, 0.29) is 12.4 Å². The van der Waals surface area contributed by atoms with E-state index in [1.54, 1.807) is 12.1 Å². The molecule has 0 bridgehead atoms. The van der Waals surface area contributed by atoms with Crippen LogP contribution in [0.25, 0.3) is 0 Å². The Hall–Kier alpha value is -2.29. The second kappa shape index (κ2) is 6.93. The molecule has 2 aromatic rings. The molecule has 1 aromatic carbocycles. The molecule has 0 radical (unpaired) electrons. The highest BCUT2D eigenvalue weighted by atomic mass is 32.1. The van der Waals surface area contributed by atoms with Gasteiger partial charge in [-0.05, 0) is 29.1 Å². The van der Waals surface area contributed by atoms with Crippen molar-refractivity contribution < 1.29 is 19.4 Å². The van der Waals surface area contributed by atoms with Crippen LogP contribution in [0.2, 0.25) is 0 Å². The smallest absolute Gasteiger partial charge is 0.308 e. The molecule has 0 aliphatic rings. The molecule has 0 atom stereocenters. The van der Waals surface area contributed by atoms with Crippen LogP contribution in [0.3, 0.4) is 0 Å². The first-order chi connectivity index (χ1) is 10.1. The summed E-state index contributed by atoms with van der Waals surface area (Å²) in [4.78, 5) is 12.1. The summed E-state index contributed by atoms with van der Waals surface area (Å²) in [7, 11) is 1.47. The van der Waals surface area contributed by atoms with Crippen molar-refractivity contribution in [2.45, 2.75) is 13.5 Å². The summed E-state index contributed by atoms with van der Waals surface area (Å²) >= 11 is 1.52. The minimum atomic E-state index is -0.454. The van der Waals surface area contributed by atoms with E-state index < -0.39 is 5.97 Å². The van der Waals surface area contributed by atoms with E-state index in [1.165, 1.54) is 25.4 Å². The number of hydrogen-bond donors (Lipinski definition) is 1. The number of rotatable bonds is 3. The molecule has 1 aromatic heterocycles. The Balaban J connectivity index is 2.52. The Morgan fingerprint density at radius 2 is 2.19 bits per heavy atom. The van der Waals surface area contributed by atoms with Gasteiger partial charge in [0.05, 0.1) is 24.2 Å². The van der Waals surface area contributed by atoms with Gasteiger partial charge < -0.3 is 14.6 Å². The minimum Gasteiger partial charge on any atom is -0.493 e. The summed E-state index contributed by atoms with van der Waals surface area (Å²) in [5.41, 5.74) is 1.14. The van der Waals surface area contributed by atoms with E-state index >= 15 is 0 Å². The van der Waals surface area contributed by atoms with Gasteiger partial charge in [-0.2, -0.15) is 0 Å². The first-order valence-electron chi connectivity index (χ1n) is 6.19. The molecule has 0 spiro atoms.